The van der Waals surface area contributed by atoms with Gasteiger partial charge in [-0.05, 0) is 25.1 Å². The summed E-state index contributed by atoms with van der Waals surface area (Å²) in [5.41, 5.74) is 7.67. The second-order valence-corrected chi connectivity index (χ2v) is 3.23. The third kappa shape index (κ3) is 1.41. The van der Waals surface area contributed by atoms with E-state index in [1.165, 1.54) is 0 Å². The molecule has 15 heavy (non-hydrogen) atoms. The van der Waals surface area contributed by atoms with E-state index in [-0.39, 0.29) is 5.82 Å². The van der Waals surface area contributed by atoms with Crippen molar-refractivity contribution < 1.29 is 9.90 Å². The molecule has 0 aliphatic rings. The highest BCUT2D eigenvalue weighted by Crippen LogP contribution is 2.19. The monoisotopic (exact) mass is 205 g/mol. The summed E-state index contributed by atoms with van der Waals surface area (Å²) in [4.78, 5) is 15.0. The maximum Gasteiger partial charge on any atom is 0.372 e. The summed E-state index contributed by atoms with van der Waals surface area (Å²) in [6.45, 7) is 2.43. The highest BCUT2D eigenvalue weighted by molar-refractivity contribution is 5.90. The Bertz CT molecular complexity index is 531. The van der Waals surface area contributed by atoms with Crippen molar-refractivity contribution in [2.75, 3.05) is 5.73 Å². The highest BCUT2D eigenvalue weighted by atomic mass is 16.4. The van der Waals surface area contributed by atoms with Gasteiger partial charge in [0.05, 0.1) is 11.0 Å². The molecule has 0 unspecified atom stereocenters. The molecular formula is C10H11N3O2. The zero-order valence-electron chi connectivity index (χ0n) is 8.27. The quantitative estimate of drug-likeness (QED) is 0.725. The molecule has 0 bridgehead atoms. The predicted molar refractivity (Wildman–Crippen MR) is 56.8 cm³/mol. The van der Waals surface area contributed by atoms with Crippen molar-refractivity contribution in [3.05, 3.63) is 24.0 Å². The van der Waals surface area contributed by atoms with Crippen molar-refractivity contribution in [3.8, 4) is 0 Å². The summed E-state index contributed by atoms with van der Waals surface area (Å²) in [6, 6.07) is 5.17. The lowest BCUT2D eigenvalue weighted by Gasteiger charge is -2.02. The van der Waals surface area contributed by atoms with E-state index in [0.29, 0.717) is 17.7 Å². The first-order chi connectivity index (χ1) is 7.13. The molecule has 1 heterocycles. The molecule has 78 valence electrons. The molecule has 1 aromatic heterocycles. The number of hydrogen-bond donors (Lipinski definition) is 2. The molecule has 0 aliphatic heterocycles. The highest BCUT2D eigenvalue weighted by Gasteiger charge is 2.15. The fourth-order valence-electron chi connectivity index (χ4n) is 1.62. The largest absolute Gasteiger partial charge is 0.475 e. The van der Waals surface area contributed by atoms with Crippen molar-refractivity contribution in [3.63, 3.8) is 0 Å². The lowest BCUT2D eigenvalue weighted by atomic mass is 10.3. The number of benzene rings is 1. The summed E-state index contributed by atoms with van der Waals surface area (Å²) in [7, 11) is 0. The molecule has 0 spiro atoms. The van der Waals surface area contributed by atoms with Crippen molar-refractivity contribution in [2.45, 2.75) is 13.5 Å². The fourth-order valence-corrected chi connectivity index (χ4v) is 1.62. The molecule has 3 N–H and O–H groups in total. The van der Waals surface area contributed by atoms with E-state index in [9.17, 15) is 4.79 Å². The zero-order chi connectivity index (χ0) is 11.0. The second kappa shape index (κ2) is 3.27. The van der Waals surface area contributed by atoms with Gasteiger partial charge in [0, 0.05) is 12.2 Å². The van der Waals surface area contributed by atoms with Gasteiger partial charge in [-0.25, -0.2) is 9.78 Å². The van der Waals surface area contributed by atoms with Crippen molar-refractivity contribution in [1.82, 2.24) is 9.55 Å². The van der Waals surface area contributed by atoms with E-state index in [0.717, 1.165) is 5.52 Å². The minimum Gasteiger partial charge on any atom is -0.475 e. The van der Waals surface area contributed by atoms with Gasteiger partial charge in [0.15, 0.2) is 0 Å². The Kier molecular flexibility index (Phi) is 2.07. The van der Waals surface area contributed by atoms with Crippen LogP contribution in [0.1, 0.15) is 17.5 Å². The lowest BCUT2D eigenvalue weighted by molar-refractivity contribution is 0.0679. The van der Waals surface area contributed by atoms with Gasteiger partial charge in [-0.15, -0.1) is 0 Å². The number of nitrogens with zero attached hydrogens (tertiary/aromatic N) is 2. The second-order valence-electron chi connectivity index (χ2n) is 3.23. The molecule has 5 heteroatoms. The van der Waals surface area contributed by atoms with E-state index in [4.69, 9.17) is 10.8 Å². The third-order valence-electron chi connectivity index (χ3n) is 2.28. The van der Waals surface area contributed by atoms with Crippen LogP contribution in [0.5, 0.6) is 0 Å². The van der Waals surface area contributed by atoms with E-state index < -0.39 is 5.97 Å². The molecule has 5 nitrogen and oxygen atoms in total. The Hall–Kier alpha value is -2.04. The molecular weight excluding hydrogens is 194 g/mol. The van der Waals surface area contributed by atoms with Crippen LogP contribution < -0.4 is 5.73 Å². The van der Waals surface area contributed by atoms with Gasteiger partial charge in [0.1, 0.15) is 0 Å². The van der Waals surface area contributed by atoms with Crippen LogP contribution in [-0.4, -0.2) is 20.6 Å². The topological polar surface area (TPSA) is 81.1 Å². The summed E-state index contributed by atoms with van der Waals surface area (Å²) < 4.78 is 1.63. The number of hydrogen-bond acceptors (Lipinski definition) is 3. The Morgan fingerprint density at radius 3 is 2.93 bits per heavy atom. The lowest BCUT2D eigenvalue weighted by Crippen LogP contribution is -2.08. The van der Waals surface area contributed by atoms with Crippen LogP contribution in [0.4, 0.5) is 5.69 Å². The summed E-state index contributed by atoms with van der Waals surface area (Å²) >= 11 is 0. The molecule has 2 rings (SSSR count). The first-order valence-electron chi connectivity index (χ1n) is 4.62. The molecule has 0 amide bonds. The Morgan fingerprint density at radius 1 is 1.60 bits per heavy atom. The molecule has 2 aromatic rings. The number of imidazole rings is 1. The van der Waals surface area contributed by atoms with Crippen LogP contribution >= 0.6 is 0 Å². The van der Waals surface area contributed by atoms with Crippen LogP contribution in [0.15, 0.2) is 18.2 Å². The van der Waals surface area contributed by atoms with Gasteiger partial charge in [-0.3, -0.25) is 0 Å². The maximum atomic E-state index is 10.9. The predicted octanol–water partition coefficient (Wildman–Crippen LogP) is 1.34. The molecule has 0 atom stereocenters. The van der Waals surface area contributed by atoms with Gasteiger partial charge < -0.3 is 15.4 Å². The van der Waals surface area contributed by atoms with Crippen LogP contribution in [0.25, 0.3) is 11.0 Å². The molecule has 0 fully saturated rings. The number of carboxylic acid groups (broad SMARTS) is 1. The van der Waals surface area contributed by atoms with Crippen molar-refractivity contribution in [2.24, 2.45) is 0 Å². The van der Waals surface area contributed by atoms with E-state index in [2.05, 4.69) is 4.98 Å². The number of carboxylic acids is 1. The van der Waals surface area contributed by atoms with E-state index >= 15 is 0 Å². The molecule has 0 saturated heterocycles. The molecule has 0 saturated carbocycles. The fraction of sp³-hybridized carbons (Fsp3) is 0.200. The number of nitrogen functional groups attached to an aromatic ring is 1. The standard InChI is InChI=1S/C10H11N3O2/c1-2-13-8-5-6(11)3-4-7(8)12-9(13)10(14)15/h3-5H,2,11H2,1H3,(H,14,15). The Balaban J connectivity index is 2.79. The maximum absolute atomic E-state index is 10.9. The number of rotatable bonds is 2. The SMILES string of the molecule is CCn1c(C(=O)O)nc2ccc(N)cc21. The van der Waals surface area contributed by atoms with Gasteiger partial charge >= 0.3 is 5.97 Å². The molecule has 0 aliphatic carbocycles. The molecule has 1 aromatic carbocycles. The van der Waals surface area contributed by atoms with Crippen molar-refractivity contribution >= 4 is 22.7 Å². The van der Waals surface area contributed by atoms with Gasteiger partial charge in [-0.2, -0.15) is 0 Å². The van der Waals surface area contributed by atoms with Crippen LogP contribution in [0.2, 0.25) is 0 Å². The summed E-state index contributed by atoms with van der Waals surface area (Å²) in [5, 5.41) is 8.95. The van der Waals surface area contributed by atoms with Crippen molar-refractivity contribution in [1.29, 1.82) is 0 Å². The Morgan fingerprint density at radius 2 is 2.33 bits per heavy atom. The first-order valence-corrected chi connectivity index (χ1v) is 4.62. The number of aromatic nitrogens is 2. The summed E-state index contributed by atoms with van der Waals surface area (Å²) in [6.07, 6.45) is 0. The van der Waals surface area contributed by atoms with Gasteiger partial charge in [0.25, 0.3) is 0 Å². The normalized spacial score (nSPS) is 10.7. The average Bonchev–Trinajstić information content (AvgIpc) is 2.55. The van der Waals surface area contributed by atoms with Gasteiger partial charge in [0.2, 0.25) is 5.82 Å². The number of aryl methyl sites for hydroxylation is 1. The smallest absolute Gasteiger partial charge is 0.372 e. The average molecular weight is 205 g/mol. The summed E-state index contributed by atoms with van der Waals surface area (Å²) in [5.74, 6) is -0.968. The third-order valence-corrected chi connectivity index (χ3v) is 2.28. The first kappa shape index (κ1) is 9.51. The minimum absolute atomic E-state index is 0.0538. The Labute approximate surface area is 86.1 Å². The number of carbonyl (C=O) groups is 1. The zero-order valence-corrected chi connectivity index (χ0v) is 8.27. The van der Waals surface area contributed by atoms with E-state index in [1.807, 2.05) is 6.92 Å². The molecule has 0 radical (unpaired) electrons. The number of nitrogens with two attached hydrogens (primary N) is 1. The number of aromatic carboxylic acids is 1. The number of anilines is 1. The van der Waals surface area contributed by atoms with Crippen LogP contribution in [0, 0.1) is 0 Å². The van der Waals surface area contributed by atoms with Crippen LogP contribution in [-0.2, 0) is 6.54 Å². The van der Waals surface area contributed by atoms with E-state index in [1.54, 1.807) is 22.8 Å². The van der Waals surface area contributed by atoms with Crippen LogP contribution in [0.3, 0.4) is 0 Å². The minimum atomic E-state index is -1.02. The number of fused-ring (bicyclic) bond motifs is 1. The van der Waals surface area contributed by atoms with Gasteiger partial charge in [-0.1, -0.05) is 0 Å².